The number of hydrogen-bond donors (Lipinski definition) is 2. The highest BCUT2D eigenvalue weighted by molar-refractivity contribution is 5.98. The summed E-state index contributed by atoms with van der Waals surface area (Å²) in [7, 11) is 0. The van der Waals surface area contributed by atoms with Gasteiger partial charge in [0.15, 0.2) is 0 Å². The molecule has 1 heterocycles. The standard InChI is InChI=1S/C17H22N2O4/c1-2-3-9-23-15(20)11-14-17(22)18-13(16(21)19-14)10-12-7-5-4-6-8-12/h4-8,13-14H,2-3,9-11H2,1H3,(H,18,22)(H,19,21)/t13-,14-/m0/s1. The van der Waals surface area contributed by atoms with E-state index in [4.69, 9.17) is 4.74 Å². The number of carbonyl (C=O) groups excluding carboxylic acids is 3. The Kier molecular flexibility index (Phi) is 6.14. The number of benzene rings is 1. The Balaban J connectivity index is 1.85. The lowest BCUT2D eigenvalue weighted by Crippen LogP contribution is -2.62. The van der Waals surface area contributed by atoms with Gasteiger partial charge in [-0.25, -0.2) is 0 Å². The monoisotopic (exact) mass is 318 g/mol. The number of piperazine rings is 1. The first-order valence-corrected chi connectivity index (χ1v) is 7.90. The van der Waals surface area contributed by atoms with Crippen LogP contribution in [0.4, 0.5) is 0 Å². The van der Waals surface area contributed by atoms with Gasteiger partial charge in [-0.15, -0.1) is 0 Å². The lowest BCUT2D eigenvalue weighted by atomic mass is 10.0. The summed E-state index contributed by atoms with van der Waals surface area (Å²) in [5.74, 6) is -1.10. The van der Waals surface area contributed by atoms with Crippen molar-refractivity contribution in [3.63, 3.8) is 0 Å². The number of esters is 1. The highest BCUT2D eigenvalue weighted by Gasteiger charge is 2.35. The van der Waals surface area contributed by atoms with Crippen molar-refractivity contribution in [3.05, 3.63) is 35.9 Å². The van der Waals surface area contributed by atoms with Crippen LogP contribution in [0.25, 0.3) is 0 Å². The van der Waals surface area contributed by atoms with Crippen molar-refractivity contribution in [2.45, 2.75) is 44.7 Å². The van der Waals surface area contributed by atoms with Gasteiger partial charge in [-0.3, -0.25) is 14.4 Å². The fourth-order valence-corrected chi connectivity index (χ4v) is 2.37. The Morgan fingerprint density at radius 1 is 1.09 bits per heavy atom. The van der Waals surface area contributed by atoms with E-state index in [1.807, 2.05) is 37.3 Å². The molecule has 6 nitrogen and oxygen atoms in total. The van der Waals surface area contributed by atoms with E-state index in [1.54, 1.807) is 0 Å². The molecule has 1 aliphatic rings. The van der Waals surface area contributed by atoms with Crippen molar-refractivity contribution < 1.29 is 19.1 Å². The average Bonchev–Trinajstić information content (AvgIpc) is 2.53. The maximum atomic E-state index is 12.1. The molecule has 23 heavy (non-hydrogen) atoms. The third kappa shape index (κ3) is 5.09. The van der Waals surface area contributed by atoms with Crippen molar-refractivity contribution in [1.82, 2.24) is 10.6 Å². The summed E-state index contributed by atoms with van der Waals surface area (Å²) < 4.78 is 5.02. The summed E-state index contributed by atoms with van der Waals surface area (Å²) in [5, 5.41) is 5.28. The van der Waals surface area contributed by atoms with Crippen LogP contribution in [0.15, 0.2) is 30.3 Å². The topological polar surface area (TPSA) is 84.5 Å². The Bertz CT molecular complexity index is 559. The van der Waals surface area contributed by atoms with Crippen LogP contribution in [0.5, 0.6) is 0 Å². The van der Waals surface area contributed by atoms with E-state index < -0.39 is 18.1 Å². The highest BCUT2D eigenvalue weighted by Crippen LogP contribution is 2.09. The van der Waals surface area contributed by atoms with Gasteiger partial charge in [0.05, 0.1) is 13.0 Å². The van der Waals surface area contributed by atoms with Crippen molar-refractivity contribution in [2.75, 3.05) is 6.61 Å². The normalized spacial score (nSPS) is 20.6. The second-order valence-corrected chi connectivity index (χ2v) is 5.59. The minimum Gasteiger partial charge on any atom is -0.466 e. The molecule has 1 aromatic rings. The quantitative estimate of drug-likeness (QED) is 0.579. The zero-order chi connectivity index (χ0) is 16.7. The minimum atomic E-state index is -0.858. The molecule has 0 unspecified atom stereocenters. The molecule has 124 valence electrons. The molecule has 2 amide bonds. The Labute approximate surface area is 135 Å². The van der Waals surface area contributed by atoms with Crippen molar-refractivity contribution >= 4 is 17.8 Å². The fourth-order valence-electron chi connectivity index (χ4n) is 2.37. The molecule has 1 aliphatic heterocycles. The minimum absolute atomic E-state index is 0.140. The van der Waals surface area contributed by atoms with E-state index in [0.29, 0.717) is 13.0 Å². The van der Waals surface area contributed by atoms with E-state index in [-0.39, 0.29) is 18.2 Å². The first-order valence-electron chi connectivity index (χ1n) is 7.90. The molecule has 6 heteroatoms. The number of nitrogens with one attached hydrogen (secondary N) is 2. The van der Waals surface area contributed by atoms with Gasteiger partial charge in [0.1, 0.15) is 12.1 Å². The molecule has 0 radical (unpaired) electrons. The van der Waals surface area contributed by atoms with Crippen LogP contribution in [0.2, 0.25) is 0 Å². The highest BCUT2D eigenvalue weighted by atomic mass is 16.5. The summed E-state index contributed by atoms with van der Waals surface area (Å²) in [6, 6.07) is 7.98. The van der Waals surface area contributed by atoms with E-state index >= 15 is 0 Å². The molecule has 1 fully saturated rings. The second-order valence-electron chi connectivity index (χ2n) is 5.59. The number of unbranched alkanes of at least 4 members (excludes halogenated alkanes) is 1. The third-order valence-corrected chi connectivity index (χ3v) is 3.68. The molecular formula is C17H22N2O4. The van der Waals surface area contributed by atoms with Crippen LogP contribution in [0.3, 0.4) is 0 Å². The van der Waals surface area contributed by atoms with Crippen molar-refractivity contribution in [3.8, 4) is 0 Å². The molecule has 2 N–H and O–H groups in total. The molecule has 0 aromatic heterocycles. The summed E-state index contributed by atoms with van der Waals surface area (Å²) in [6.07, 6.45) is 1.99. The Morgan fingerprint density at radius 3 is 2.43 bits per heavy atom. The molecular weight excluding hydrogens is 296 g/mol. The van der Waals surface area contributed by atoms with Gasteiger partial charge in [-0.2, -0.15) is 0 Å². The van der Waals surface area contributed by atoms with Crippen LogP contribution in [-0.2, 0) is 25.5 Å². The van der Waals surface area contributed by atoms with Gasteiger partial charge < -0.3 is 15.4 Å². The lowest BCUT2D eigenvalue weighted by molar-refractivity contribution is -0.147. The maximum Gasteiger partial charge on any atom is 0.308 e. The van der Waals surface area contributed by atoms with Crippen LogP contribution in [-0.4, -0.2) is 36.5 Å². The number of hydrogen-bond acceptors (Lipinski definition) is 4. The van der Waals surface area contributed by atoms with Crippen LogP contribution in [0.1, 0.15) is 31.7 Å². The zero-order valence-corrected chi connectivity index (χ0v) is 13.2. The summed E-state index contributed by atoms with van der Waals surface area (Å²) in [5.41, 5.74) is 0.963. The largest absolute Gasteiger partial charge is 0.466 e. The molecule has 1 aromatic carbocycles. The van der Waals surface area contributed by atoms with Gasteiger partial charge in [-0.1, -0.05) is 43.7 Å². The molecule has 0 aliphatic carbocycles. The molecule has 0 saturated carbocycles. The predicted molar refractivity (Wildman–Crippen MR) is 84.5 cm³/mol. The van der Waals surface area contributed by atoms with Gasteiger partial charge >= 0.3 is 5.97 Å². The van der Waals surface area contributed by atoms with E-state index in [0.717, 1.165) is 18.4 Å². The van der Waals surface area contributed by atoms with Crippen LogP contribution < -0.4 is 10.6 Å². The molecule has 2 atom stereocenters. The average molecular weight is 318 g/mol. The number of carbonyl (C=O) groups is 3. The van der Waals surface area contributed by atoms with Crippen molar-refractivity contribution in [1.29, 1.82) is 0 Å². The number of ether oxygens (including phenoxy) is 1. The molecule has 1 saturated heterocycles. The van der Waals surface area contributed by atoms with Crippen LogP contribution in [0, 0.1) is 0 Å². The maximum absolute atomic E-state index is 12.1. The molecule has 0 bridgehead atoms. The fraction of sp³-hybridized carbons (Fsp3) is 0.471. The predicted octanol–water partition coefficient (Wildman–Crippen LogP) is 0.946. The SMILES string of the molecule is CCCCOC(=O)C[C@@H]1NC(=O)[C@H](Cc2ccccc2)NC1=O. The zero-order valence-electron chi connectivity index (χ0n) is 13.2. The summed E-state index contributed by atoms with van der Waals surface area (Å²) in [6.45, 7) is 2.34. The first kappa shape index (κ1) is 17.0. The van der Waals surface area contributed by atoms with E-state index in [2.05, 4.69) is 10.6 Å². The van der Waals surface area contributed by atoms with Gasteiger partial charge in [0.25, 0.3) is 0 Å². The van der Waals surface area contributed by atoms with Crippen molar-refractivity contribution in [2.24, 2.45) is 0 Å². The number of amides is 2. The van der Waals surface area contributed by atoms with Crippen LogP contribution >= 0.6 is 0 Å². The lowest BCUT2D eigenvalue weighted by Gasteiger charge is -2.29. The van der Waals surface area contributed by atoms with Gasteiger partial charge in [0, 0.05) is 6.42 Å². The second kappa shape index (κ2) is 8.31. The Morgan fingerprint density at radius 2 is 1.74 bits per heavy atom. The summed E-state index contributed by atoms with van der Waals surface area (Å²) in [4.78, 5) is 35.8. The van der Waals surface area contributed by atoms with E-state index in [1.165, 1.54) is 0 Å². The van der Waals surface area contributed by atoms with Gasteiger partial charge in [0.2, 0.25) is 11.8 Å². The Hall–Kier alpha value is -2.37. The number of rotatable bonds is 7. The third-order valence-electron chi connectivity index (χ3n) is 3.68. The van der Waals surface area contributed by atoms with E-state index in [9.17, 15) is 14.4 Å². The molecule has 2 rings (SSSR count). The summed E-state index contributed by atoms with van der Waals surface area (Å²) >= 11 is 0. The smallest absolute Gasteiger partial charge is 0.308 e. The molecule has 0 spiro atoms. The van der Waals surface area contributed by atoms with Gasteiger partial charge in [-0.05, 0) is 12.0 Å². The first-order chi connectivity index (χ1) is 11.1.